The molecular weight excluding hydrogens is 328 g/mol. The summed E-state index contributed by atoms with van der Waals surface area (Å²) in [6.07, 6.45) is 2.34. The van der Waals surface area contributed by atoms with Gasteiger partial charge in [-0.15, -0.1) is 0 Å². The molecule has 3 N–H and O–H groups in total. The molecular formula is C17H21ClN4O2. The Hall–Kier alpha value is -2.47. The Balaban J connectivity index is 1.62. The van der Waals surface area contributed by atoms with E-state index in [0.717, 1.165) is 18.0 Å². The quantitative estimate of drug-likeness (QED) is 0.406. The standard InChI is InChI=1S/C17H21ClN4O2/c1-19-17(21-9-8-13-4-6-14(18)7-5-13)22-11-10-20-16(23)15-3-2-12-24-15/h2-7,12H,8-11H2,1H3,(H,20,23)(H2,19,21,22). The number of amides is 1. The van der Waals surface area contributed by atoms with Gasteiger partial charge in [-0.05, 0) is 36.2 Å². The van der Waals surface area contributed by atoms with Gasteiger partial charge in [0.05, 0.1) is 6.26 Å². The lowest BCUT2D eigenvalue weighted by molar-refractivity contribution is 0.0926. The Kier molecular flexibility index (Phi) is 7.17. The smallest absolute Gasteiger partial charge is 0.287 e. The van der Waals surface area contributed by atoms with E-state index in [-0.39, 0.29) is 5.91 Å². The predicted molar refractivity (Wildman–Crippen MR) is 95.6 cm³/mol. The first-order chi connectivity index (χ1) is 11.7. The Bertz CT molecular complexity index is 654. The van der Waals surface area contributed by atoms with Gasteiger partial charge >= 0.3 is 0 Å². The van der Waals surface area contributed by atoms with Gasteiger partial charge in [0.25, 0.3) is 5.91 Å². The zero-order chi connectivity index (χ0) is 17.2. The van der Waals surface area contributed by atoms with E-state index in [9.17, 15) is 4.79 Å². The normalized spacial score (nSPS) is 11.2. The van der Waals surface area contributed by atoms with Crippen LogP contribution >= 0.6 is 11.6 Å². The number of hydrogen-bond acceptors (Lipinski definition) is 3. The fraction of sp³-hybridized carbons (Fsp3) is 0.294. The molecule has 6 nitrogen and oxygen atoms in total. The van der Waals surface area contributed by atoms with Crippen molar-refractivity contribution in [3.63, 3.8) is 0 Å². The molecule has 2 rings (SSSR count). The van der Waals surface area contributed by atoms with Gasteiger partial charge in [0.2, 0.25) is 0 Å². The molecule has 0 saturated heterocycles. The third-order valence-corrected chi connectivity index (χ3v) is 3.54. The fourth-order valence-corrected chi connectivity index (χ4v) is 2.17. The number of benzene rings is 1. The Morgan fingerprint density at radius 2 is 1.79 bits per heavy atom. The average molecular weight is 349 g/mol. The minimum atomic E-state index is -0.229. The molecule has 24 heavy (non-hydrogen) atoms. The van der Waals surface area contributed by atoms with Gasteiger partial charge in [-0.3, -0.25) is 9.79 Å². The van der Waals surface area contributed by atoms with E-state index in [1.165, 1.54) is 11.8 Å². The zero-order valence-electron chi connectivity index (χ0n) is 13.5. The van der Waals surface area contributed by atoms with Crippen LogP contribution in [0.2, 0.25) is 5.02 Å². The minimum absolute atomic E-state index is 0.229. The lowest BCUT2D eigenvalue weighted by atomic mass is 10.1. The second kappa shape index (κ2) is 9.62. The van der Waals surface area contributed by atoms with Crippen LogP contribution in [0, 0.1) is 0 Å². The first-order valence-corrected chi connectivity index (χ1v) is 8.07. The summed E-state index contributed by atoms with van der Waals surface area (Å²) >= 11 is 5.86. The molecule has 0 aliphatic carbocycles. The predicted octanol–water partition coefficient (Wildman–Crippen LogP) is 2.07. The number of nitrogens with one attached hydrogen (secondary N) is 3. The molecule has 128 valence electrons. The zero-order valence-corrected chi connectivity index (χ0v) is 14.3. The van der Waals surface area contributed by atoms with Crippen molar-refractivity contribution in [3.8, 4) is 0 Å². The van der Waals surface area contributed by atoms with Gasteiger partial charge in [-0.1, -0.05) is 23.7 Å². The number of furan rings is 1. The average Bonchev–Trinajstić information content (AvgIpc) is 3.13. The SMILES string of the molecule is CN=C(NCCNC(=O)c1ccco1)NCCc1ccc(Cl)cc1. The van der Waals surface area contributed by atoms with Gasteiger partial charge in [0, 0.05) is 31.7 Å². The molecule has 1 aromatic carbocycles. The topological polar surface area (TPSA) is 78.7 Å². The lowest BCUT2D eigenvalue weighted by Gasteiger charge is -2.12. The first-order valence-electron chi connectivity index (χ1n) is 7.69. The van der Waals surface area contributed by atoms with Gasteiger partial charge < -0.3 is 20.4 Å². The maximum Gasteiger partial charge on any atom is 0.287 e. The number of hydrogen-bond donors (Lipinski definition) is 3. The highest BCUT2D eigenvalue weighted by Gasteiger charge is 2.06. The highest BCUT2D eigenvalue weighted by Crippen LogP contribution is 2.09. The van der Waals surface area contributed by atoms with E-state index in [1.807, 2.05) is 24.3 Å². The Morgan fingerprint density at radius 1 is 1.08 bits per heavy atom. The maximum absolute atomic E-state index is 11.7. The van der Waals surface area contributed by atoms with Crippen LogP contribution in [0.3, 0.4) is 0 Å². The molecule has 0 atom stereocenters. The van der Waals surface area contributed by atoms with Crippen molar-refractivity contribution in [3.05, 3.63) is 59.0 Å². The van der Waals surface area contributed by atoms with Crippen molar-refractivity contribution in [1.82, 2.24) is 16.0 Å². The number of halogens is 1. The number of nitrogens with zero attached hydrogens (tertiary/aromatic N) is 1. The largest absolute Gasteiger partial charge is 0.459 e. The molecule has 0 bridgehead atoms. The van der Waals surface area contributed by atoms with Crippen molar-refractivity contribution in [2.24, 2.45) is 4.99 Å². The van der Waals surface area contributed by atoms with E-state index in [0.29, 0.717) is 24.8 Å². The van der Waals surface area contributed by atoms with Crippen molar-refractivity contribution >= 4 is 23.5 Å². The second-order valence-electron chi connectivity index (χ2n) is 5.04. The highest BCUT2D eigenvalue weighted by molar-refractivity contribution is 6.30. The van der Waals surface area contributed by atoms with E-state index < -0.39 is 0 Å². The fourth-order valence-electron chi connectivity index (χ4n) is 2.05. The molecule has 2 aromatic rings. The van der Waals surface area contributed by atoms with Crippen LogP contribution in [-0.2, 0) is 6.42 Å². The van der Waals surface area contributed by atoms with Crippen LogP contribution < -0.4 is 16.0 Å². The van der Waals surface area contributed by atoms with Crippen molar-refractivity contribution in [2.75, 3.05) is 26.7 Å². The third kappa shape index (κ3) is 5.96. The summed E-state index contributed by atoms with van der Waals surface area (Å²) in [5, 5.41) is 9.86. The number of carbonyl (C=O) groups is 1. The molecule has 1 aromatic heterocycles. The van der Waals surface area contributed by atoms with E-state index in [1.54, 1.807) is 19.2 Å². The van der Waals surface area contributed by atoms with E-state index in [2.05, 4.69) is 20.9 Å². The highest BCUT2D eigenvalue weighted by atomic mass is 35.5. The number of carbonyl (C=O) groups excluding carboxylic acids is 1. The molecule has 0 radical (unpaired) electrons. The summed E-state index contributed by atoms with van der Waals surface area (Å²) in [5.41, 5.74) is 1.20. The molecule has 0 saturated carbocycles. The van der Waals surface area contributed by atoms with Crippen LogP contribution in [0.25, 0.3) is 0 Å². The van der Waals surface area contributed by atoms with Crippen LogP contribution in [0.1, 0.15) is 16.1 Å². The van der Waals surface area contributed by atoms with Crippen molar-refractivity contribution in [1.29, 1.82) is 0 Å². The first kappa shape index (κ1) is 17.9. The van der Waals surface area contributed by atoms with Gasteiger partial charge in [-0.25, -0.2) is 0 Å². The number of aliphatic imine (C=N–C) groups is 1. The van der Waals surface area contributed by atoms with Crippen molar-refractivity contribution < 1.29 is 9.21 Å². The molecule has 0 spiro atoms. The molecule has 1 heterocycles. The van der Waals surface area contributed by atoms with E-state index >= 15 is 0 Å². The minimum Gasteiger partial charge on any atom is -0.459 e. The monoisotopic (exact) mass is 348 g/mol. The number of guanidine groups is 1. The lowest BCUT2D eigenvalue weighted by Crippen LogP contribution is -2.42. The van der Waals surface area contributed by atoms with Crippen LogP contribution in [0.15, 0.2) is 52.1 Å². The molecule has 7 heteroatoms. The Morgan fingerprint density at radius 3 is 2.46 bits per heavy atom. The molecule has 0 aliphatic rings. The Labute approximate surface area is 146 Å². The molecule has 0 aliphatic heterocycles. The van der Waals surface area contributed by atoms with Gasteiger partial charge in [-0.2, -0.15) is 0 Å². The molecule has 0 unspecified atom stereocenters. The third-order valence-electron chi connectivity index (χ3n) is 3.29. The molecule has 1 amide bonds. The van der Waals surface area contributed by atoms with Crippen LogP contribution in [-0.4, -0.2) is 38.5 Å². The summed E-state index contributed by atoms with van der Waals surface area (Å²) in [4.78, 5) is 15.8. The number of rotatable bonds is 7. The van der Waals surface area contributed by atoms with E-state index in [4.69, 9.17) is 16.0 Å². The van der Waals surface area contributed by atoms with Crippen LogP contribution in [0.4, 0.5) is 0 Å². The van der Waals surface area contributed by atoms with Gasteiger partial charge in [0.1, 0.15) is 0 Å². The summed E-state index contributed by atoms with van der Waals surface area (Å²) in [6.45, 7) is 1.78. The van der Waals surface area contributed by atoms with Gasteiger partial charge in [0.15, 0.2) is 11.7 Å². The van der Waals surface area contributed by atoms with Crippen LogP contribution in [0.5, 0.6) is 0 Å². The summed E-state index contributed by atoms with van der Waals surface area (Å²) in [7, 11) is 1.71. The summed E-state index contributed by atoms with van der Waals surface area (Å²) < 4.78 is 5.02. The summed E-state index contributed by atoms with van der Waals surface area (Å²) in [6, 6.07) is 11.1. The second-order valence-corrected chi connectivity index (χ2v) is 5.47. The summed E-state index contributed by atoms with van der Waals surface area (Å²) in [5.74, 6) is 0.768. The van der Waals surface area contributed by atoms with Crippen molar-refractivity contribution in [2.45, 2.75) is 6.42 Å². The molecule has 0 fully saturated rings. The maximum atomic E-state index is 11.7.